The average molecular weight is 1570 g/mol. The molecule has 0 aliphatic carbocycles. The van der Waals surface area contributed by atoms with Gasteiger partial charge in [-0.15, -0.1) is 0 Å². The summed E-state index contributed by atoms with van der Waals surface area (Å²) in [7, 11) is 0. The molecule has 0 unspecified atom stereocenters. The SMILES string of the molecule is Cc1c(Cl)cccc1NC(=O)N1CCc2[nH]nc(-c3ccccc3)c2C1.O=C(Nc1ccc(Br)c(Cl)c1)N1CCc2[nH]nc(-c3ccccc3)c2C1.O=C(Nc1ccc(F)c(Cl)c1F)N1CCc2[nH]nc(-c3ccccc3)c2C1.O=C(Nc1cccc(Cl)c1Cl)N1CCc2[nH]nc(-c3ccccc3)c2C1. The molecule has 105 heavy (non-hydrogen) atoms. The molecule has 8 heterocycles. The maximum absolute atomic E-state index is 14.0. The Morgan fingerprint density at radius 1 is 0.390 bits per heavy atom. The lowest BCUT2D eigenvalue weighted by molar-refractivity contribution is 0.205. The van der Waals surface area contributed by atoms with Gasteiger partial charge in [0.2, 0.25) is 0 Å². The zero-order valence-corrected chi connectivity index (χ0v) is 61.5. The van der Waals surface area contributed by atoms with Gasteiger partial charge in [0.05, 0.1) is 75.4 Å². The normalized spacial score (nSPS) is 13.4. The highest BCUT2D eigenvalue weighted by Crippen LogP contribution is 2.36. The number of aromatic nitrogens is 8. The third kappa shape index (κ3) is 16.8. The topological polar surface area (TPSA) is 244 Å². The largest absolute Gasteiger partial charge is 0.322 e. The van der Waals surface area contributed by atoms with Crippen molar-refractivity contribution in [1.82, 2.24) is 60.4 Å². The summed E-state index contributed by atoms with van der Waals surface area (Å²) < 4.78 is 28.1. The van der Waals surface area contributed by atoms with E-state index >= 15 is 0 Å². The summed E-state index contributed by atoms with van der Waals surface area (Å²) in [5.41, 5.74) is 18.6. The number of rotatable bonds is 8. The van der Waals surface area contributed by atoms with Gasteiger partial charge in [-0.3, -0.25) is 20.4 Å². The number of carbonyl (C=O) groups excluding carboxylic acids is 4. The molecular formula is C77H66BrCl5F2N16O4. The predicted octanol–water partition coefficient (Wildman–Crippen LogP) is 19.3. The Labute approximate surface area is 635 Å². The molecule has 12 aromatic rings. The first-order chi connectivity index (χ1) is 50.9. The van der Waals surface area contributed by atoms with E-state index < -0.39 is 22.7 Å². The Balaban J connectivity index is 0.000000124. The highest BCUT2D eigenvalue weighted by atomic mass is 79.9. The van der Waals surface area contributed by atoms with Gasteiger partial charge in [-0.1, -0.05) is 191 Å². The highest BCUT2D eigenvalue weighted by molar-refractivity contribution is 9.10. The first kappa shape index (κ1) is 72.8. The van der Waals surface area contributed by atoms with Crippen LogP contribution in [0.15, 0.2) is 193 Å². The Morgan fingerprint density at radius 3 is 1.13 bits per heavy atom. The first-order valence-corrected chi connectivity index (χ1v) is 36.1. The van der Waals surface area contributed by atoms with E-state index in [-0.39, 0.29) is 23.8 Å². The fourth-order valence-electron chi connectivity index (χ4n) is 12.5. The van der Waals surface area contributed by atoms with Crippen molar-refractivity contribution in [2.75, 3.05) is 47.4 Å². The molecule has 8 amide bonds. The zero-order chi connectivity index (χ0) is 73.3. The molecule has 534 valence electrons. The number of carbonyl (C=O) groups is 4. The average Bonchev–Trinajstić information content (AvgIpc) is 1.70. The summed E-state index contributed by atoms with van der Waals surface area (Å²) in [6.45, 7) is 6.11. The van der Waals surface area contributed by atoms with Crippen LogP contribution in [0.3, 0.4) is 0 Å². The third-order valence-corrected chi connectivity index (χ3v) is 21.0. The molecule has 20 nitrogen and oxygen atoms in total. The number of amides is 8. The molecule has 8 aromatic carbocycles. The molecule has 0 radical (unpaired) electrons. The molecule has 0 saturated carbocycles. The minimum Gasteiger partial charge on any atom is -0.320 e. The number of benzene rings is 8. The molecule has 0 atom stereocenters. The van der Waals surface area contributed by atoms with Gasteiger partial charge in [-0.05, 0) is 83.0 Å². The minimum atomic E-state index is -0.990. The van der Waals surface area contributed by atoms with Crippen molar-refractivity contribution in [2.45, 2.75) is 58.8 Å². The predicted molar refractivity (Wildman–Crippen MR) is 412 cm³/mol. The first-order valence-electron chi connectivity index (χ1n) is 33.4. The Morgan fingerprint density at radius 2 is 0.743 bits per heavy atom. The Kier molecular flexibility index (Phi) is 22.9. The third-order valence-electron chi connectivity index (χ3n) is 18.2. The second kappa shape index (κ2) is 33.1. The van der Waals surface area contributed by atoms with E-state index in [2.05, 4.69) is 78.0 Å². The van der Waals surface area contributed by atoms with Crippen LogP contribution >= 0.6 is 73.9 Å². The molecule has 16 rings (SSSR count). The Bertz CT molecular complexity index is 4990. The molecule has 28 heteroatoms. The highest BCUT2D eigenvalue weighted by Gasteiger charge is 2.31. The number of anilines is 4. The van der Waals surface area contributed by atoms with E-state index in [0.29, 0.717) is 90.2 Å². The van der Waals surface area contributed by atoms with Crippen molar-refractivity contribution in [2.24, 2.45) is 0 Å². The van der Waals surface area contributed by atoms with Crippen LogP contribution in [0.4, 0.5) is 50.7 Å². The lowest BCUT2D eigenvalue weighted by atomic mass is 10.0. The van der Waals surface area contributed by atoms with Gasteiger partial charge >= 0.3 is 24.1 Å². The molecular weight excluding hydrogens is 1510 g/mol. The molecule has 4 aliphatic heterocycles. The van der Waals surface area contributed by atoms with Crippen LogP contribution in [0.1, 0.15) is 50.6 Å². The smallest absolute Gasteiger partial charge is 0.320 e. The molecule has 0 fully saturated rings. The van der Waals surface area contributed by atoms with Gasteiger partial charge in [0.15, 0.2) is 5.82 Å². The molecule has 8 N–H and O–H groups in total. The summed E-state index contributed by atoms with van der Waals surface area (Å²) in [4.78, 5) is 57.6. The number of nitrogens with zero attached hydrogens (tertiary/aromatic N) is 8. The summed E-state index contributed by atoms with van der Waals surface area (Å²) in [6.07, 6.45) is 2.85. The second-order valence-electron chi connectivity index (χ2n) is 24.9. The number of hydrogen-bond donors (Lipinski definition) is 8. The maximum atomic E-state index is 14.0. The number of aromatic amines is 4. The van der Waals surface area contributed by atoms with Gasteiger partial charge in [0.25, 0.3) is 0 Å². The van der Waals surface area contributed by atoms with Gasteiger partial charge in [0, 0.05) is 140 Å². The van der Waals surface area contributed by atoms with Crippen LogP contribution in [-0.2, 0) is 51.9 Å². The van der Waals surface area contributed by atoms with E-state index in [1.54, 1.807) is 39.0 Å². The van der Waals surface area contributed by atoms with Crippen molar-refractivity contribution in [3.8, 4) is 45.0 Å². The monoisotopic (exact) mass is 1570 g/mol. The zero-order valence-electron chi connectivity index (χ0n) is 56.1. The number of nitrogens with one attached hydrogen (secondary N) is 8. The quantitative estimate of drug-likeness (QED) is 0.0679. The van der Waals surface area contributed by atoms with Crippen LogP contribution in [-0.4, -0.2) is 111 Å². The van der Waals surface area contributed by atoms with Crippen LogP contribution in [0.25, 0.3) is 45.0 Å². The lowest BCUT2D eigenvalue weighted by Gasteiger charge is -2.27. The van der Waals surface area contributed by atoms with Crippen LogP contribution in [0.5, 0.6) is 0 Å². The molecule has 0 bridgehead atoms. The minimum absolute atomic E-state index is 0.124. The van der Waals surface area contributed by atoms with E-state index in [9.17, 15) is 28.0 Å². The molecule has 4 aliphatic rings. The van der Waals surface area contributed by atoms with Gasteiger partial charge in [0.1, 0.15) is 10.8 Å². The number of halogens is 8. The fraction of sp³-hybridized carbons (Fsp3) is 0.169. The van der Waals surface area contributed by atoms with Crippen molar-refractivity contribution in [1.29, 1.82) is 0 Å². The molecule has 0 saturated heterocycles. The lowest BCUT2D eigenvalue weighted by Crippen LogP contribution is -2.39. The van der Waals surface area contributed by atoms with Crippen molar-refractivity contribution >= 4 is 121 Å². The number of H-pyrrole nitrogens is 4. The number of urea groups is 4. The summed E-state index contributed by atoms with van der Waals surface area (Å²) in [5, 5.41) is 42.6. The van der Waals surface area contributed by atoms with E-state index in [1.807, 2.05) is 163 Å². The van der Waals surface area contributed by atoms with E-state index in [1.165, 1.54) is 0 Å². The van der Waals surface area contributed by atoms with Crippen LogP contribution < -0.4 is 21.3 Å². The Hall–Kier alpha value is -10.5. The standard InChI is InChI=1S/C20H19ClN4O.C19H16BrClN4O.C19H16Cl2N4O.C19H15ClF2N4O/c1-13-16(21)8-5-9-17(13)22-20(26)25-11-10-18-15(12-25)19(24-23-18)14-6-3-2-4-7-14;20-15-7-6-13(10-16(15)21)22-19(26)25-9-8-17-14(11-25)18(24-23-17)12-4-2-1-3-5-12;20-14-7-4-8-16(17(14)21)22-19(26)25-10-9-15-13(11-25)18(24-23-15)12-5-2-1-3-6-12;20-16-13(21)6-7-15(17(16)22)23-19(27)26-9-8-14-12(10-26)18(25-24-14)11-4-2-1-3-5-11/h2-9H,10-12H2,1H3,(H,22,26)(H,23,24);1-7,10H,8-9,11H2,(H,22,26)(H,23,24);1-8H,9-11H2,(H,22,26)(H,23,24);1-7H,8-10H2,(H,23,27)(H,24,25). The number of hydrogen-bond acceptors (Lipinski definition) is 8. The number of fused-ring (bicyclic) bond motifs is 4. The van der Waals surface area contributed by atoms with Gasteiger partial charge in [-0.2, -0.15) is 20.4 Å². The summed E-state index contributed by atoms with van der Waals surface area (Å²) in [6, 6.07) is 56.9. The van der Waals surface area contributed by atoms with E-state index in [4.69, 9.17) is 58.0 Å². The van der Waals surface area contributed by atoms with Crippen molar-refractivity contribution < 1.29 is 28.0 Å². The summed E-state index contributed by atoms with van der Waals surface area (Å²) >= 11 is 33.3. The van der Waals surface area contributed by atoms with Crippen molar-refractivity contribution in [3.05, 3.63) is 280 Å². The maximum Gasteiger partial charge on any atom is 0.322 e. The van der Waals surface area contributed by atoms with E-state index in [0.717, 1.165) is 137 Å². The summed E-state index contributed by atoms with van der Waals surface area (Å²) in [5.74, 6) is -1.86. The van der Waals surface area contributed by atoms with Gasteiger partial charge in [-0.25, -0.2) is 28.0 Å². The van der Waals surface area contributed by atoms with Crippen LogP contribution in [0, 0.1) is 18.6 Å². The fourth-order valence-corrected chi connectivity index (χ4v) is 13.7. The van der Waals surface area contributed by atoms with Gasteiger partial charge < -0.3 is 40.9 Å². The second-order valence-corrected chi connectivity index (χ2v) is 27.7. The van der Waals surface area contributed by atoms with Crippen LogP contribution in [0.2, 0.25) is 25.1 Å². The molecule has 0 spiro atoms. The molecule has 4 aromatic heterocycles. The van der Waals surface area contributed by atoms with Crippen molar-refractivity contribution in [3.63, 3.8) is 0 Å².